The Kier molecular flexibility index (Phi) is 6.15. The van der Waals surface area contributed by atoms with Gasteiger partial charge in [-0.15, -0.1) is 10.2 Å². The van der Waals surface area contributed by atoms with Crippen LogP contribution in [0.5, 0.6) is 0 Å². The maximum Gasteiger partial charge on any atom is 0.277 e. The molecule has 1 amide bonds. The Hall–Kier alpha value is -4.25. The summed E-state index contributed by atoms with van der Waals surface area (Å²) in [7, 11) is 1.76. The summed E-state index contributed by atoms with van der Waals surface area (Å²) < 4.78 is 8.81. The number of anilines is 1. The average Bonchev–Trinajstić information content (AvgIpc) is 3.46. The topological polar surface area (TPSA) is 121 Å². The van der Waals surface area contributed by atoms with Gasteiger partial charge >= 0.3 is 0 Å². The summed E-state index contributed by atoms with van der Waals surface area (Å²) in [5.41, 5.74) is 1.96. The number of amides is 1. The second-order valence-corrected chi connectivity index (χ2v) is 8.77. The molecule has 0 aliphatic rings. The fourth-order valence-electron chi connectivity index (χ4n) is 3.65. The summed E-state index contributed by atoms with van der Waals surface area (Å²) in [4.78, 5) is 25.4. The van der Waals surface area contributed by atoms with Gasteiger partial charge in [-0.25, -0.2) is 4.68 Å². The fourth-order valence-corrected chi connectivity index (χ4v) is 4.22. The van der Waals surface area contributed by atoms with Gasteiger partial charge in [0.1, 0.15) is 5.82 Å². The molecule has 5 rings (SSSR count). The van der Waals surface area contributed by atoms with Gasteiger partial charge in [-0.1, -0.05) is 60.3 Å². The molecule has 0 saturated carbocycles. The molecule has 0 radical (unpaired) electrons. The number of aryl methyl sites for hydroxylation is 2. The zero-order valence-corrected chi connectivity index (χ0v) is 19.8. The number of carbonyl (C=O) groups is 1. The van der Waals surface area contributed by atoms with Crippen LogP contribution in [0.15, 0.2) is 75.1 Å². The highest BCUT2D eigenvalue weighted by molar-refractivity contribution is 7.99. The average molecular weight is 488 g/mol. The van der Waals surface area contributed by atoms with Gasteiger partial charge < -0.3 is 9.73 Å². The molecule has 1 N–H and O–H groups in total. The second-order valence-electron chi connectivity index (χ2n) is 7.85. The van der Waals surface area contributed by atoms with E-state index in [0.717, 1.165) is 23.0 Å². The highest BCUT2D eigenvalue weighted by Crippen LogP contribution is 2.26. The van der Waals surface area contributed by atoms with Crippen LogP contribution >= 0.6 is 11.8 Å². The first-order valence-corrected chi connectivity index (χ1v) is 11.8. The molecule has 0 bridgehead atoms. The summed E-state index contributed by atoms with van der Waals surface area (Å²) in [6, 6.07) is 18.6. The number of hydrogen-bond donors (Lipinski definition) is 1. The van der Waals surface area contributed by atoms with E-state index in [1.54, 1.807) is 36.0 Å². The van der Waals surface area contributed by atoms with Crippen LogP contribution in [0.4, 0.5) is 5.82 Å². The summed E-state index contributed by atoms with van der Waals surface area (Å²) in [5, 5.41) is 21.1. The number of hydrogen-bond acceptors (Lipinski definition) is 8. The molecule has 0 atom stereocenters. The Bertz CT molecular complexity index is 1570. The molecule has 10 nitrogen and oxygen atoms in total. The molecular weight excluding hydrogens is 466 g/mol. The van der Waals surface area contributed by atoms with Gasteiger partial charge in [0, 0.05) is 18.5 Å². The number of rotatable bonds is 7. The molecule has 0 saturated heterocycles. The quantitative estimate of drug-likeness (QED) is 0.347. The lowest BCUT2D eigenvalue weighted by atomic mass is 10.1. The minimum absolute atomic E-state index is 0.0769. The second kappa shape index (κ2) is 9.55. The monoisotopic (exact) mass is 487 g/mol. The molecule has 11 heteroatoms. The van der Waals surface area contributed by atoms with Crippen LogP contribution in [0.1, 0.15) is 11.3 Å². The smallest absolute Gasteiger partial charge is 0.277 e. The molecule has 2 aromatic carbocycles. The largest absolute Gasteiger partial charge is 0.409 e. The van der Waals surface area contributed by atoms with E-state index in [2.05, 4.69) is 25.7 Å². The molecule has 0 unspecified atom stereocenters. The van der Waals surface area contributed by atoms with E-state index >= 15 is 0 Å². The normalized spacial score (nSPS) is 11.1. The first-order valence-electron chi connectivity index (χ1n) is 10.8. The molecule has 0 aliphatic carbocycles. The number of carbonyl (C=O) groups excluding carboxylic acids is 1. The zero-order valence-electron chi connectivity index (χ0n) is 19.0. The number of fused-ring (bicyclic) bond motifs is 1. The van der Waals surface area contributed by atoms with Gasteiger partial charge in [-0.05, 0) is 18.6 Å². The lowest BCUT2D eigenvalue weighted by Gasteiger charge is -2.09. The predicted octanol–water partition coefficient (Wildman–Crippen LogP) is 3.27. The highest BCUT2D eigenvalue weighted by Gasteiger charge is 2.18. The van der Waals surface area contributed by atoms with Crippen molar-refractivity contribution in [3.05, 3.63) is 82.3 Å². The van der Waals surface area contributed by atoms with E-state index in [1.165, 1.54) is 4.68 Å². The van der Waals surface area contributed by atoms with E-state index in [9.17, 15) is 9.59 Å². The standard InChI is InChI=1S/C24H21N7O3S/c1-15-12-19(30(2)28-15)25-20(32)14-35-24-27-26-22(34-24)21-17-10-6-7-11-18(17)23(33)31(29-21)13-16-8-4-3-5-9-16/h3-12H,13-14H2,1-2H3,(H,25,32). The van der Waals surface area contributed by atoms with Crippen LogP contribution in [0.25, 0.3) is 22.4 Å². The molecule has 3 heterocycles. The first kappa shape index (κ1) is 22.5. The van der Waals surface area contributed by atoms with Crippen molar-refractivity contribution >= 4 is 34.3 Å². The van der Waals surface area contributed by atoms with E-state index in [4.69, 9.17) is 4.42 Å². The molecule has 35 heavy (non-hydrogen) atoms. The molecule has 176 valence electrons. The minimum atomic E-state index is -0.224. The lowest BCUT2D eigenvalue weighted by molar-refractivity contribution is -0.113. The summed E-state index contributed by atoms with van der Waals surface area (Å²) in [5.74, 6) is 0.634. The van der Waals surface area contributed by atoms with Crippen LogP contribution in [-0.4, -0.2) is 41.4 Å². The predicted molar refractivity (Wildman–Crippen MR) is 132 cm³/mol. The highest BCUT2D eigenvalue weighted by atomic mass is 32.2. The number of aromatic nitrogens is 6. The molecule has 0 fully saturated rings. The Morgan fingerprint density at radius 3 is 2.51 bits per heavy atom. The Balaban J connectivity index is 1.39. The number of thioether (sulfide) groups is 1. The van der Waals surface area contributed by atoms with Crippen LogP contribution in [0.2, 0.25) is 0 Å². The van der Waals surface area contributed by atoms with E-state index in [1.807, 2.05) is 43.3 Å². The molecule has 0 aliphatic heterocycles. The Morgan fingerprint density at radius 1 is 1.03 bits per heavy atom. The maximum absolute atomic E-state index is 13.1. The van der Waals surface area contributed by atoms with Gasteiger partial charge in [0.05, 0.1) is 23.4 Å². The molecule has 5 aromatic rings. The van der Waals surface area contributed by atoms with Crippen molar-refractivity contribution in [2.45, 2.75) is 18.7 Å². The molecule has 0 spiro atoms. The van der Waals surface area contributed by atoms with E-state index in [0.29, 0.717) is 28.8 Å². The number of nitrogens with zero attached hydrogens (tertiary/aromatic N) is 6. The van der Waals surface area contributed by atoms with Gasteiger partial charge in [0.2, 0.25) is 5.91 Å². The summed E-state index contributed by atoms with van der Waals surface area (Å²) in [6.45, 7) is 2.16. The molecule has 3 aromatic heterocycles. The summed E-state index contributed by atoms with van der Waals surface area (Å²) in [6.07, 6.45) is 0. The van der Waals surface area contributed by atoms with Crippen LogP contribution in [0, 0.1) is 6.92 Å². The Labute approximate surface area is 204 Å². The van der Waals surface area contributed by atoms with Crippen LogP contribution in [-0.2, 0) is 18.4 Å². The summed E-state index contributed by atoms with van der Waals surface area (Å²) >= 11 is 1.11. The van der Waals surface area contributed by atoms with Gasteiger partial charge in [0.15, 0.2) is 5.69 Å². The van der Waals surface area contributed by atoms with Crippen LogP contribution in [0.3, 0.4) is 0 Å². The van der Waals surface area contributed by atoms with Gasteiger partial charge in [0.25, 0.3) is 16.7 Å². The minimum Gasteiger partial charge on any atom is -0.409 e. The lowest BCUT2D eigenvalue weighted by Crippen LogP contribution is -2.24. The number of nitrogens with one attached hydrogen (secondary N) is 1. The SMILES string of the molecule is Cc1cc(NC(=O)CSc2nnc(-c3nn(Cc4ccccc4)c(=O)c4ccccc34)o2)n(C)n1. The van der Waals surface area contributed by atoms with Crippen molar-refractivity contribution in [2.24, 2.45) is 7.05 Å². The van der Waals surface area contributed by atoms with Crippen molar-refractivity contribution in [3.8, 4) is 11.6 Å². The van der Waals surface area contributed by atoms with E-state index < -0.39 is 0 Å². The fraction of sp³-hybridized carbons (Fsp3) is 0.167. The Morgan fingerprint density at radius 2 is 1.77 bits per heavy atom. The third-order valence-corrected chi connectivity index (χ3v) is 6.07. The molecular formula is C24H21N7O3S. The third kappa shape index (κ3) is 4.85. The first-order chi connectivity index (χ1) is 17.0. The zero-order chi connectivity index (χ0) is 24.4. The van der Waals surface area contributed by atoms with Crippen molar-refractivity contribution in [2.75, 3.05) is 11.1 Å². The van der Waals surface area contributed by atoms with Gasteiger partial charge in [-0.3, -0.25) is 14.3 Å². The van der Waals surface area contributed by atoms with Crippen molar-refractivity contribution < 1.29 is 9.21 Å². The number of benzene rings is 2. The third-order valence-electron chi connectivity index (χ3n) is 5.25. The van der Waals surface area contributed by atoms with Crippen molar-refractivity contribution in [1.82, 2.24) is 29.8 Å². The maximum atomic E-state index is 13.1. The van der Waals surface area contributed by atoms with Gasteiger partial charge in [-0.2, -0.15) is 10.2 Å². The van der Waals surface area contributed by atoms with Crippen molar-refractivity contribution in [3.63, 3.8) is 0 Å². The van der Waals surface area contributed by atoms with Crippen molar-refractivity contribution in [1.29, 1.82) is 0 Å². The van der Waals surface area contributed by atoms with Crippen LogP contribution < -0.4 is 10.9 Å². The van der Waals surface area contributed by atoms with E-state index in [-0.39, 0.29) is 28.3 Å².